The van der Waals surface area contributed by atoms with Gasteiger partial charge in [0.15, 0.2) is 11.9 Å². The highest BCUT2D eigenvalue weighted by Crippen LogP contribution is 2.09. The summed E-state index contributed by atoms with van der Waals surface area (Å²) < 4.78 is 0. The van der Waals surface area contributed by atoms with E-state index < -0.39 is 36.5 Å². The molecule has 0 aromatic heterocycles. The molecule has 3 atom stereocenters. The third-order valence-corrected chi connectivity index (χ3v) is 1.73. The first-order valence-corrected chi connectivity index (χ1v) is 3.38. The SMILES string of the molecule is O=C1N[C@H](C(=O)CO)[C@H](O)[C@@H]1O. The molecule has 0 aromatic carbocycles. The summed E-state index contributed by atoms with van der Waals surface area (Å²) in [4.78, 5) is 21.4. The lowest BCUT2D eigenvalue weighted by molar-refractivity contribution is -0.128. The molecule has 0 saturated carbocycles. The first-order valence-electron chi connectivity index (χ1n) is 3.38. The molecular weight excluding hydrogens is 166 g/mol. The van der Waals surface area contributed by atoms with Gasteiger partial charge in [0.05, 0.1) is 0 Å². The van der Waals surface area contributed by atoms with Crippen molar-refractivity contribution in [1.82, 2.24) is 5.32 Å². The average molecular weight is 175 g/mol. The lowest BCUT2D eigenvalue weighted by Gasteiger charge is -2.11. The predicted molar refractivity (Wildman–Crippen MR) is 36.0 cm³/mol. The van der Waals surface area contributed by atoms with E-state index in [0.29, 0.717) is 0 Å². The van der Waals surface area contributed by atoms with E-state index in [2.05, 4.69) is 5.32 Å². The van der Waals surface area contributed by atoms with Crippen LogP contribution in [0.1, 0.15) is 0 Å². The van der Waals surface area contributed by atoms with Gasteiger partial charge in [-0.25, -0.2) is 0 Å². The smallest absolute Gasteiger partial charge is 0.252 e. The highest BCUT2D eigenvalue weighted by Gasteiger charge is 2.43. The van der Waals surface area contributed by atoms with Crippen molar-refractivity contribution in [1.29, 1.82) is 0 Å². The molecule has 1 aliphatic rings. The van der Waals surface area contributed by atoms with Gasteiger partial charge in [0.1, 0.15) is 18.8 Å². The van der Waals surface area contributed by atoms with Crippen LogP contribution in [0.5, 0.6) is 0 Å². The zero-order valence-corrected chi connectivity index (χ0v) is 6.10. The van der Waals surface area contributed by atoms with Gasteiger partial charge in [0, 0.05) is 0 Å². The van der Waals surface area contributed by atoms with Gasteiger partial charge in [-0.2, -0.15) is 0 Å². The molecule has 1 amide bonds. The Balaban J connectivity index is 2.70. The van der Waals surface area contributed by atoms with Crippen LogP contribution in [-0.4, -0.2) is 51.9 Å². The van der Waals surface area contributed by atoms with Crippen LogP contribution in [0.3, 0.4) is 0 Å². The van der Waals surface area contributed by atoms with Crippen LogP contribution in [0.15, 0.2) is 0 Å². The fourth-order valence-electron chi connectivity index (χ4n) is 1.03. The molecule has 1 heterocycles. The van der Waals surface area contributed by atoms with E-state index >= 15 is 0 Å². The summed E-state index contributed by atoms with van der Waals surface area (Å²) in [7, 11) is 0. The minimum Gasteiger partial charge on any atom is -0.388 e. The summed E-state index contributed by atoms with van der Waals surface area (Å²) in [5.74, 6) is -1.51. The monoisotopic (exact) mass is 175 g/mol. The third-order valence-electron chi connectivity index (χ3n) is 1.73. The number of nitrogens with one attached hydrogen (secondary N) is 1. The van der Waals surface area contributed by atoms with E-state index in [-0.39, 0.29) is 0 Å². The molecule has 12 heavy (non-hydrogen) atoms. The average Bonchev–Trinajstić information content (AvgIpc) is 2.32. The number of Topliss-reactive ketones (excluding diaryl/α,β-unsaturated/α-hetero) is 1. The van der Waals surface area contributed by atoms with Gasteiger partial charge >= 0.3 is 0 Å². The Labute approximate surface area is 67.8 Å². The van der Waals surface area contributed by atoms with E-state index in [1.165, 1.54) is 0 Å². The van der Waals surface area contributed by atoms with Crippen molar-refractivity contribution in [2.24, 2.45) is 0 Å². The van der Waals surface area contributed by atoms with Crippen LogP contribution >= 0.6 is 0 Å². The van der Waals surface area contributed by atoms with Gasteiger partial charge in [-0.3, -0.25) is 9.59 Å². The molecule has 0 spiro atoms. The fourth-order valence-corrected chi connectivity index (χ4v) is 1.03. The molecule has 6 nitrogen and oxygen atoms in total. The molecular formula is C6H9NO5. The number of hydrogen-bond acceptors (Lipinski definition) is 5. The normalized spacial score (nSPS) is 34.9. The number of amides is 1. The Kier molecular flexibility index (Phi) is 2.41. The topological polar surface area (TPSA) is 107 Å². The number of hydrogen-bond donors (Lipinski definition) is 4. The van der Waals surface area contributed by atoms with Crippen molar-refractivity contribution >= 4 is 11.7 Å². The maximum Gasteiger partial charge on any atom is 0.252 e. The number of carbonyl (C=O) groups excluding carboxylic acids is 2. The molecule has 0 aromatic rings. The molecule has 0 bridgehead atoms. The molecule has 6 heteroatoms. The molecule has 4 N–H and O–H groups in total. The van der Waals surface area contributed by atoms with Crippen LogP contribution in [0.2, 0.25) is 0 Å². The summed E-state index contributed by atoms with van der Waals surface area (Å²) in [5, 5.41) is 28.4. The van der Waals surface area contributed by atoms with Crippen LogP contribution in [-0.2, 0) is 9.59 Å². The third kappa shape index (κ3) is 1.31. The summed E-state index contributed by atoms with van der Waals surface area (Å²) in [6.07, 6.45) is -3.04. The van der Waals surface area contributed by atoms with Crippen LogP contribution in [0, 0.1) is 0 Å². The highest BCUT2D eigenvalue weighted by atomic mass is 16.3. The minimum atomic E-state index is -1.58. The molecule has 68 valence electrons. The van der Waals surface area contributed by atoms with Gasteiger partial charge in [0.2, 0.25) is 0 Å². The largest absolute Gasteiger partial charge is 0.388 e. The Hall–Kier alpha value is -0.980. The predicted octanol–water partition coefficient (Wildman–Crippen LogP) is -3.23. The summed E-state index contributed by atoms with van der Waals surface area (Å²) in [6.45, 7) is -0.769. The number of ketones is 1. The van der Waals surface area contributed by atoms with Crippen LogP contribution < -0.4 is 5.32 Å². The molecule has 0 unspecified atom stereocenters. The molecule has 1 saturated heterocycles. The van der Waals surface area contributed by atoms with Crippen molar-refractivity contribution in [3.63, 3.8) is 0 Å². The summed E-state index contributed by atoms with van der Waals surface area (Å²) in [6, 6.07) is -1.18. The Morgan fingerprint density at radius 2 is 2.08 bits per heavy atom. The lowest BCUT2D eigenvalue weighted by Crippen LogP contribution is -2.41. The Morgan fingerprint density at radius 3 is 2.42 bits per heavy atom. The number of aliphatic hydroxyl groups excluding tert-OH is 3. The van der Waals surface area contributed by atoms with Crippen molar-refractivity contribution in [2.45, 2.75) is 18.2 Å². The highest BCUT2D eigenvalue weighted by molar-refractivity contribution is 5.95. The molecule has 0 radical (unpaired) electrons. The fraction of sp³-hybridized carbons (Fsp3) is 0.667. The van der Waals surface area contributed by atoms with E-state index in [0.717, 1.165) is 0 Å². The van der Waals surface area contributed by atoms with Crippen LogP contribution in [0.4, 0.5) is 0 Å². The minimum absolute atomic E-state index is 0.715. The number of aliphatic hydroxyl groups is 3. The van der Waals surface area contributed by atoms with E-state index in [1.807, 2.05) is 0 Å². The maximum atomic E-state index is 10.8. The van der Waals surface area contributed by atoms with Crippen molar-refractivity contribution in [2.75, 3.05) is 6.61 Å². The van der Waals surface area contributed by atoms with Gasteiger partial charge in [-0.15, -0.1) is 0 Å². The molecule has 0 aliphatic carbocycles. The summed E-state index contributed by atoms with van der Waals surface area (Å²) in [5.41, 5.74) is 0. The maximum absolute atomic E-state index is 10.8. The Bertz CT molecular complexity index is 216. The van der Waals surface area contributed by atoms with Gasteiger partial charge < -0.3 is 20.6 Å². The second-order valence-corrected chi connectivity index (χ2v) is 2.55. The van der Waals surface area contributed by atoms with E-state index in [1.54, 1.807) is 0 Å². The second-order valence-electron chi connectivity index (χ2n) is 2.55. The van der Waals surface area contributed by atoms with Crippen molar-refractivity contribution in [3.8, 4) is 0 Å². The van der Waals surface area contributed by atoms with Crippen molar-refractivity contribution < 1.29 is 24.9 Å². The second kappa shape index (κ2) is 3.18. The zero-order valence-electron chi connectivity index (χ0n) is 6.10. The Morgan fingerprint density at radius 1 is 1.50 bits per heavy atom. The van der Waals surface area contributed by atoms with Crippen molar-refractivity contribution in [3.05, 3.63) is 0 Å². The quantitative estimate of drug-likeness (QED) is 0.353. The lowest BCUT2D eigenvalue weighted by atomic mass is 10.1. The van der Waals surface area contributed by atoms with E-state index in [9.17, 15) is 9.59 Å². The molecule has 1 rings (SSSR count). The van der Waals surface area contributed by atoms with Gasteiger partial charge in [-0.1, -0.05) is 0 Å². The molecule has 1 aliphatic heterocycles. The first-order chi connectivity index (χ1) is 5.57. The van der Waals surface area contributed by atoms with Gasteiger partial charge in [0.25, 0.3) is 5.91 Å². The summed E-state index contributed by atoms with van der Waals surface area (Å²) >= 11 is 0. The number of rotatable bonds is 2. The van der Waals surface area contributed by atoms with Crippen LogP contribution in [0.25, 0.3) is 0 Å². The first kappa shape index (κ1) is 9.11. The number of carbonyl (C=O) groups is 2. The molecule has 1 fully saturated rings. The standard InChI is InChI=1S/C6H9NO5/c8-1-2(9)3-4(10)5(11)6(12)7-3/h3-5,8,10-11H,1H2,(H,7,12)/t3-,4+,5+/m1/s1. The van der Waals surface area contributed by atoms with E-state index in [4.69, 9.17) is 15.3 Å². The zero-order chi connectivity index (χ0) is 9.30. The van der Waals surface area contributed by atoms with Gasteiger partial charge in [-0.05, 0) is 0 Å².